The number of hydrogen-bond acceptors (Lipinski definition) is 0. The van der Waals surface area contributed by atoms with Gasteiger partial charge in [-0.15, -0.1) is 0 Å². The van der Waals surface area contributed by atoms with Crippen molar-refractivity contribution in [3.63, 3.8) is 0 Å². The smallest absolute Gasteiger partial charge is 1.00 e. The molecule has 0 aromatic carbocycles. The van der Waals surface area contributed by atoms with Crippen LogP contribution in [-0.4, -0.2) is 16.1 Å². The van der Waals surface area contributed by atoms with Crippen molar-refractivity contribution in [2.24, 2.45) is 0 Å². The van der Waals surface area contributed by atoms with Gasteiger partial charge in [-0.1, -0.05) is 0 Å². The van der Waals surface area contributed by atoms with Gasteiger partial charge in [-0.25, -0.2) is 0 Å². The fourth-order valence-corrected chi connectivity index (χ4v) is 22.9. The molecular formula is C24H38Cl2Si2Zr. The standard InChI is InChI=1S/2C12H19Si.2ClH.Zr/c2*1-3-11-6-7-12(10-11)13(4-2)8-5-9-13;;;/h2*7H,3-6,8-9H2,1-2H3;2*1H;/q;;;;+2/p-2. The minimum atomic E-state index is -1.06. The molecule has 160 valence electrons. The Morgan fingerprint density at radius 2 is 1.07 bits per heavy atom. The normalized spacial score (nSPS) is 24.0. The van der Waals surface area contributed by atoms with Crippen molar-refractivity contribution in [3.05, 3.63) is 40.3 Å². The van der Waals surface area contributed by atoms with Crippen molar-refractivity contribution in [2.45, 2.75) is 102 Å². The van der Waals surface area contributed by atoms with Gasteiger partial charge in [0, 0.05) is 0 Å². The van der Waals surface area contributed by atoms with Gasteiger partial charge in [0.2, 0.25) is 0 Å². The molecule has 0 nitrogen and oxygen atoms in total. The van der Waals surface area contributed by atoms with E-state index < -0.39 is 39.4 Å². The van der Waals surface area contributed by atoms with Crippen LogP contribution in [-0.2, 0) is 23.2 Å². The van der Waals surface area contributed by atoms with E-state index in [-0.39, 0.29) is 24.8 Å². The average Bonchev–Trinajstić information content (AvgIpc) is 3.20. The van der Waals surface area contributed by atoms with Crippen LogP contribution in [0.3, 0.4) is 0 Å². The quantitative estimate of drug-likeness (QED) is 0.410. The largest absolute Gasteiger partial charge is 1.00 e. The Kier molecular flexibility index (Phi) is 9.59. The molecule has 0 spiro atoms. The second-order valence-corrected chi connectivity index (χ2v) is 22.1. The van der Waals surface area contributed by atoms with E-state index in [4.69, 9.17) is 0 Å². The Balaban J connectivity index is 0.00000150. The summed E-state index contributed by atoms with van der Waals surface area (Å²) in [5, 5.41) is 4.02. The zero-order chi connectivity index (χ0) is 19.1. The molecule has 0 amide bonds. The van der Waals surface area contributed by atoms with Crippen LogP contribution in [0.5, 0.6) is 0 Å². The van der Waals surface area contributed by atoms with Gasteiger partial charge in [0.05, 0.1) is 0 Å². The molecular weight excluding hydrogens is 507 g/mol. The summed E-state index contributed by atoms with van der Waals surface area (Å²) in [5.41, 5.74) is 3.75. The molecule has 2 saturated heterocycles. The van der Waals surface area contributed by atoms with Crippen LogP contribution in [0.1, 0.15) is 66.2 Å². The molecule has 5 heteroatoms. The van der Waals surface area contributed by atoms with E-state index in [0.717, 1.165) is 0 Å². The Bertz CT molecular complexity index is 667. The molecule has 4 rings (SSSR count). The van der Waals surface area contributed by atoms with Gasteiger partial charge < -0.3 is 24.8 Å². The molecule has 2 fully saturated rings. The number of halogens is 2. The summed E-state index contributed by atoms with van der Waals surface area (Å²) in [6.45, 7) is 9.90. The van der Waals surface area contributed by atoms with Gasteiger partial charge in [-0.2, -0.15) is 0 Å². The minimum absolute atomic E-state index is 0. The van der Waals surface area contributed by atoms with Crippen molar-refractivity contribution in [1.82, 2.24) is 0 Å². The molecule has 0 aromatic heterocycles. The summed E-state index contributed by atoms with van der Waals surface area (Å²) >= 11 is -0.642. The maximum Gasteiger partial charge on any atom is -1.00 e. The summed E-state index contributed by atoms with van der Waals surface area (Å²) in [6, 6.07) is 9.43. The van der Waals surface area contributed by atoms with Gasteiger partial charge in [0.1, 0.15) is 0 Å². The predicted octanol–water partition coefficient (Wildman–Crippen LogP) is 1.89. The SMILES string of the molecule is CCC1=[C]([Zr+2][C]2=C(CC)CC=C2[Si]2(CC)CCC2)C([Si]2(CC)CCC2)=CC1.[Cl-].[Cl-]. The van der Waals surface area contributed by atoms with Crippen LogP contribution < -0.4 is 24.8 Å². The fraction of sp³-hybridized carbons (Fsp3) is 0.667. The first-order valence-electron chi connectivity index (χ1n) is 11.8. The van der Waals surface area contributed by atoms with Crippen LogP contribution in [0.2, 0.25) is 36.3 Å². The summed E-state index contributed by atoms with van der Waals surface area (Å²) in [4.78, 5) is 0. The summed E-state index contributed by atoms with van der Waals surface area (Å²) in [5.74, 6) is 0. The maximum atomic E-state index is 2.75. The van der Waals surface area contributed by atoms with E-state index in [1.807, 2.05) is 28.1 Å². The van der Waals surface area contributed by atoms with Crippen molar-refractivity contribution < 1.29 is 48.0 Å². The molecule has 0 aromatic rings. The molecule has 0 atom stereocenters. The van der Waals surface area contributed by atoms with Crippen LogP contribution in [0.4, 0.5) is 0 Å². The van der Waals surface area contributed by atoms with Crippen molar-refractivity contribution in [3.8, 4) is 0 Å². The molecule has 2 heterocycles. The first-order valence-corrected chi connectivity index (χ1v) is 19.5. The third-order valence-electron chi connectivity index (χ3n) is 8.57. The zero-order valence-corrected chi connectivity index (χ0v) is 24.9. The van der Waals surface area contributed by atoms with E-state index in [9.17, 15) is 0 Å². The minimum Gasteiger partial charge on any atom is -1.00 e. The second kappa shape index (κ2) is 10.6. The van der Waals surface area contributed by atoms with Gasteiger partial charge >= 0.3 is 182 Å². The van der Waals surface area contributed by atoms with Gasteiger partial charge in [0.15, 0.2) is 0 Å². The van der Waals surface area contributed by atoms with E-state index in [1.165, 1.54) is 50.6 Å². The number of hydrogen-bond donors (Lipinski definition) is 0. The van der Waals surface area contributed by atoms with Crippen LogP contribution >= 0.6 is 0 Å². The van der Waals surface area contributed by atoms with Crippen LogP contribution in [0.25, 0.3) is 0 Å². The van der Waals surface area contributed by atoms with E-state index in [2.05, 4.69) is 39.8 Å². The van der Waals surface area contributed by atoms with Crippen molar-refractivity contribution >= 4 is 16.1 Å². The monoisotopic (exact) mass is 542 g/mol. The third kappa shape index (κ3) is 4.39. The van der Waals surface area contributed by atoms with E-state index in [1.54, 1.807) is 24.2 Å². The van der Waals surface area contributed by atoms with Gasteiger partial charge in [-0.05, 0) is 0 Å². The van der Waals surface area contributed by atoms with Crippen LogP contribution in [0, 0.1) is 0 Å². The van der Waals surface area contributed by atoms with E-state index in [0.29, 0.717) is 0 Å². The molecule has 0 unspecified atom stereocenters. The molecule has 29 heavy (non-hydrogen) atoms. The first kappa shape index (κ1) is 26.1. The molecule has 4 aliphatic rings. The van der Waals surface area contributed by atoms with E-state index >= 15 is 0 Å². The Morgan fingerprint density at radius 1 is 0.690 bits per heavy atom. The topological polar surface area (TPSA) is 0 Å². The van der Waals surface area contributed by atoms with Crippen molar-refractivity contribution in [2.75, 3.05) is 0 Å². The summed E-state index contributed by atoms with van der Waals surface area (Å²) in [6.07, 6.45) is 13.8. The summed E-state index contributed by atoms with van der Waals surface area (Å²) < 4.78 is 4.06. The Labute approximate surface area is 205 Å². The molecule has 0 saturated carbocycles. The number of rotatable bonds is 8. The number of allylic oxidation sites excluding steroid dienone is 8. The fourth-order valence-electron chi connectivity index (χ4n) is 6.12. The molecule has 2 aliphatic heterocycles. The van der Waals surface area contributed by atoms with Gasteiger partial charge in [-0.3, -0.25) is 0 Å². The summed E-state index contributed by atoms with van der Waals surface area (Å²) in [7, 11) is -2.13. The predicted molar refractivity (Wildman–Crippen MR) is 121 cm³/mol. The zero-order valence-electron chi connectivity index (χ0n) is 18.9. The second-order valence-electron chi connectivity index (χ2n) is 9.41. The Hall–Kier alpha value is 0.857. The first-order chi connectivity index (χ1) is 13.1. The molecule has 0 bridgehead atoms. The Morgan fingerprint density at radius 3 is 1.31 bits per heavy atom. The van der Waals surface area contributed by atoms with Gasteiger partial charge in [0.25, 0.3) is 0 Å². The van der Waals surface area contributed by atoms with Crippen molar-refractivity contribution in [1.29, 1.82) is 0 Å². The third-order valence-corrected chi connectivity index (χ3v) is 25.2. The van der Waals surface area contributed by atoms with Crippen LogP contribution in [0.15, 0.2) is 40.3 Å². The molecule has 0 radical (unpaired) electrons. The maximum absolute atomic E-state index is 2.75. The average molecular weight is 545 g/mol. The molecule has 0 N–H and O–H groups in total. The molecule has 2 aliphatic carbocycles.